The number of carbonyl (C=O) groups is 1. The third kappa shape index (κ3) is 3.17. The summed E-state index contributed by atoms with van der Waals surface area (Å²) in [5, 5.41) is 4.83. The number of para-hydroxylation sites is 1. The first-order valence-corrected chi connectivity index (χ1v) is 6.88. The van der Waals surface area contributed by atoms with Gasteiger partial charge in [0.15, 0.2) is 12.3 Å². The Morgan fingerprint density at radius 3 is 2.52 bits per heavy atom. The second-order valence-electron chi connectivity index (χ2n) is 4.62. The standard InChI is InChI=1S/C16H13ClN3O/c17-14-8-6-13(7-9-14)16(21)10-20-12-19(11-18-20)15-4-2-1-3-5-15/h1-9,11-12H,10H2/q+1. The summed E-state index contributed by atoms with van der Waals surface area (Å²) in [4.78, 5) is 12.2. The predicted octanol–water partition coefficient (Wildman–Crippen LogP) is 2.70. The second kappa shape index (κ2) is 5.89. The van der Waals surface area contributed by atoms with Crippen LogP contribution in [0.2, 0.25) is 5.02 Å². The van der Waals surface area contributed by atoms with Crippen molar-refractivity contribution in [3.8, 4) is 5.69 Å². The maximum Gasteiger partial charge on any atom is 0.270 e. The van der Waals surface area contributed by atoms with Crippen molar-refractivity contribution in [2.75, 3.05) is 0 Å². The molecule has 0 saturated heterocycles. The molecule has 21 heavy (non-hydrogen) atoms. The molecule has 1 aromatic heterocycles. The second-order valence-corrected chi connectivity index (χ2v) is 5.05. The van der Waals surface area contributed by atoms with Gasteiger partial charge < -0.3 is 0 Å². The van der Waals surface area contributed by atoms with Crippen LogP contribution >= 0.6 is 11.6 Å². The molecule has 0 atom stereocenters. The van der Waals surface area contributed by atoms with Gasteiger partial charge in [0.25, 0.3) is 6.33 Å². The zero-order valence-electron chi connectivity index (χ0n) is 11.2. The Morgan fingerprint density at radius 2 is 1.81 bits per heavy atom. The van der Waals surface area contributed by atoms with Gasteiger partial charge in [-0.25, -0.2) is 4.57 Å². The van der Waals surface area contributed by atoms with Gasteiger partial charge in [0.1, 0.15) is 5.69 Å². The molecule has 5 heteroatoms. The number of nitrogens with zero attached hydrogens (tertiary/aromatic N) is 3. The highest BCUT2D eigenvalue weighted by Crippen LogP contribution is 2.10. The number of aromatic nitrogens is 3. The van der Waals surface area contributed by atoms with Gasteiger partial charge in [-0.3, -0.25) is 4.79 Å². The average Bonchev–Trinajstić information content (AvgIpc) is 2.97. The first-order valence-electron chi connectivity index (χ1n) is 6.50. The molecule has 0 aliphatic heterocycles. The van der Waals surface area contributed by atoms with E-state index in [1.807, 2.05) is 34.9 Å². The van der Waals surface area contributed by atoms with Crippen molar-refractivity contribution in [1.82, 2.24) is 9.78 Å². The molecule has 0 bridgehead atoms. The molecule has 0 radical (unpaired) electrons. The largest absolute Gasteiger partial charge is 0.290 e. The molecule has 0 aliphatic rings. The summed E-state index contributed by atoms with van der Waals surface area (Å²) in [7, 11) is 0. The van der Waals surface area contributed by atoms with Gasteiger partial charge in [0.05, 0.1) is 0 Å². The van der Waals surface area contributed by atoms with E-state index in [9.17, 15) is 4.79 Å². The lowest BCUT2D eigenvalue weighted by Gasteiger charge is -1.97. The molecule has 104 valence electrons. The van der Waals surface area contributed by atoms with Crippen LogP contribution in [0.15, 0.2) is 67.3 Å². The van der Waals surface area contributed by atoms with Crippen LogP contribution in [-0.2, 0) is 6.54 Å². The van der Waals surface area contributed by atoms with E-state index >= 15 is 0 Å². The third-order valence-corrected chi connectivity index (χ3v) is 3.36. The van der Waals surface area contributed by atoms with Crippen LogP contribution in [0.4, 0.5) is 0 Å². The molecule has 0 N–H and O–H groups in total. The van der Waals surface area contributed by atoms with Crippen LogP contribution < -0.4 is 4.57 Å². The van der Waals surface area contributed by atoms with Crippen LogP contribution in [-0.4, -0.2) is 15.6 Å². The monoisotopic (exact) mass is 298 g/mol. The normalized spacial score (nSPS) is 10.5. The van der Waals surface area contributed by atoms with E-state index in [0.29, 0.717) is 10.6 Å². The highest BCUT2D eigenvalue weighted by molar-refractivity contribution is 6.30. The van der Waals surface area contributed by atoms with Crippen molar-refractivity contribution in [1.29, 1.82) is 0 Å². The van der Waals surface area contributed by atoms with Gasteiger partial charge >= 0.3 is 0 Å². The molecule has 0 saturated carbocycles. The number of benzene rings is 2. The fourth-order valence-corrected chi connectivity index (χ4v) is 2.14. The topological polar surface area (TPSA) is 38.8 Å². The van der Waals surface area contributed by atoms with E-state index in [4.69, 9.17) is 11.6 Å². The van der Waals surface area contributed by atoms with E-state index in [1.165, 1.54) is 0 Å². The van der Waals surface area contributed by atoms with Crippen LogP contribution in [0.3, 0.4) is 0 Å². The smallest absolute Gasteiger partial charge is 0.270 e. The number of hydrogen-bond acceptors (Lipinski definition) is 2. The molecule has 0 fully saturated rings. The Hall–Kier alpha value is -2.46. The number of rotatable bonds is 4. The van der Waals surface area contributed by atoms with Crippen LogP contribution in [0.5, 0.6) is 0 Å². The minimum atomic E-state index is -0.00465. The Labute approximate surface area is 127 Å². The molecule has 0 amide bonds. The van der Waals surface area contributed by atoms with Crippen molar-refractivity contribution in [2.24, 2.45) is 0 Å². The lowest BCUT2D eigenvalue weighted by atomic mass is 10.1. The summed E-state index contributed by atoms with van der Waals surface area (Å²) >= 11 is 5.82. The first kappa shape index (κ1) is 13.5. The summed E-state index contributed by atoms with van der Waals surface area (Å²) in [6, 6.07) is 16.7. The highest BCUT2D eigenvalue weighted by Gasteiger charge is 2.13. The van der Waals surface area contributed by atoms with E-state index in [1.54, 1.807) is 41.6 Å². The minimum Gasteiger partial charge on any atom is -0.290 e. The van der Waals surface area contributed by atoms with Gasteiger partial charge in [-0.2, -0.15) is 0 Å². The summed E-state index contributed by atoms with van der Waals surface area (Å²) in [6.07, 6.45) is 3.48. The number of Topliss-reactive ketones (excluding diaryl/α,β-unsaturated/α-hetero) is 1. The molecular weight excluding hydrogens is 286 g/mol. The maximum absolute atomic E-state index is 12.2. The summed E-state index contributed by atoms with van der Waals surface area (Å²) in [5.74, 6) is -0.00465. The van der Waals surface area contributed by atoms with E-state index < -0.39 is 0 Å². The average molecular weight is 299 g/mol. The number of ketones is 1. The van der Waals surface area contributed by atoms with Gasteiger partial charge in [0, 0.05) is 15.7 Å². The molecular formula is C16H13ClN3O+. The van der Waals surface area contributed by atoms with Crippen molar-refractivity contribution in [2.45, 2.75) is 6.54 Å². The molecule has 0 unspecified atom stereocenters. The Kier molecular flexibility index (Phi) is 3.79. The number of halogens is 1. The quantitative estimate of drug-likeness (QED) is 0.549. The lowest BCUT2D eigenvalue weighted by molar-refractivity contribution is -0.596. The van der Waals surface area contributed by atoms with Crippen LogP contribution in [0.25, 0.3) is 5.69 Å². The fourth-order valence-electron chi connectivity index (χ4n) is 2.01. The highest BCUT2D eigenvalue weighted by atomic mass is 35.5. The summed E-state index contributed by atoms with van der Waals surface area (Å²) in [6.45, 7) is 0.196. The lowest BCUT2D eigenvalue weighted by Crippen LogP contribution is -2.27. The zero-order chi connectivity index (χ0) is 14.7. The SMILES string of the molecule is O=C(Cn1c[n+](-c2ccccc2)cn1)c1ccc(Cl)cc1. The van der Waals surface area contributed by atoms with Crippen molar-refractivity contribution in [3.63, 3.8) is 0 Å². The van der Waals surface area contributed by atoms with E-state index in [-0.39, 0.29) is 12.3 Å². The Balaban J connectivity index is 1.75. The van der Waals surface area contributed by atoms with Gasteiger partial charge in [-0.15, -0.1) is 4.68 Å². The van der Waals surface area contributed by atoms with Crippen molar-refractivity contribution in [3.05, 3.63) is 77.8 Å². The zero-order valence-corrected chi connectivity index (χ0v) is 11.9. The minimum absolute atomic E-state index is 0.00465. The van der Waals surface area contributed by atoms with Crippen LogP contribution in [0, 0.1) is 0 Å². The molecule has 2 aromatic carbocycles. The van der Waals surface area contributed by atoms with Crippen LogP contribution in [0.1, 0.15) is 10.4 Å². The molecule has 0 aliphatic carbocycles. The van der Waals surface area contributed by atoms with Crippen molar-refractivity contribution < 1.29 is 9.36 Å². The summed E-state index contributed by atoms with van der Waals surface area (Å²) < 4.78 is 3.49. The first-order chi connectivity index (χ1) is 10.2. The Bertz CT molecular complexity index is 751. The third-order valence-electron chi connectivity index (χ3n) is 3.11. The molecule has 3 aromatic rings. The molecule has 1 heterocycles. The van der Waals surface area contributed by atoms with Gasteiger partial charge in [-0.05, 0) is 36.4 Å². The fraction of sp³-hybridized carbons (Fsp3) is 0.0625. The number of hydrogen-bond donors (Lipinski definition) is 0. The predicted molar refractivity (Wildman–Crippen MR) is 79.5 cm³/mol. The van der Waals surface area contributed by atoms with Crippen molar-refractivity contribution >= 4 is 17.4 Å². The summed E-state index contributed by atoms with van der Waals surface area (Å²) in [5.41, 5.74) is 1.63. The van der Waals surface area contributed by atoms with Gasteiger partial charge in [-0.1, -0.05) is 29.8 Å². The molecule has 0 spiro atoms. The molecule has 3 rings (SSSR count). The maximum atomic E-state index is 12.2. The number of carbonyl (C=O) groups excluding carboxylic acids is 1. The van der Waals surface area contributed by atoms with E-state index in [0.717, 1.165) is 5.69 Å². The van der Waals surface area contributed by atoms with Gasteiger partial charge in [0.2, 0.25) is 6.33 Å². The van der Waals surface area contributed by atoms with E-state index in [2.05, 4.69) is 5.10 Å². The Morgan fingerprint density at radius 1 is 1.10 bits per heavy atom. The molecule has 4 nitrogen and oxygen atoms in total.